The predicted octanol–water partition coefficient (Wildman–Crippen LogP) is 3.09. The zero-order valence-corrected chi connectivity index (χ0v) is 17.3. The van der Waals surface area contributed by atoms with Gasteiger partial charge < -0.3 is 10.1 Å². The number of ether oxygens (including phenoxy) is 1. The number of benzene rings is 2. The van der Waals surface area contributed by atoms with Gasteiger partial charge >= 0.3 is 5.97 Å². The van der Waals surface area contributed by atoms with Crippen molar-refractivity contribution in [2.45, 2.75) is 13.0 Å². The monoisotopic (exact) mass is 424 g/mol. The summed E-state index contributed by atoms with van der Waals surface area (Å²) in [6, 6.07) is 11.8. The first-order valence-corrected chi connectivity index (χ1v) is 10.6. The molecule has 2 aromatic carbocycles. The van der Waals surface area contributed by atoms with Crippen LogP contribution in [0.2, 0.25) is 5.02 Å². The molecule has 0 aliphatic heterocycles. The first kappa shape index (κ1) is 21.9. The van der Waals surface area contributed by atoms with Gasteiger partial charge in [-0.2, -0.15) is 4.31 Å². The maximum atomic E-state index is 12.9. The first-order valence-electron chi connectivity index (χ1n) is 8.40. The molecule has 0 unspecified atom stereocenters. The van der Waals surface area contributed by atoms with Crippen LogP contribution in [-0.4, -0.2) is 44.5 Å². The molecule has 0 aromatic heterocycles. The van der Waals surface area contributed by atoms with Gasteiger partial charge in [0, 0.05) is 12.7 Å². The molecule has 0 aliphatic rings. The number of carbonyl (C=O) groups is 2. The number of likely N-dealkylation sites (N-methyl/N-ethyl adjacent to an activating group) is 1. The quantitative estimate of drug-likeness (QED) is 0.689. The number of hydrogen-bond donors (Lipinski definition) is 1. The number of sulfonamides is 1. The van der Waals surface area contributed by atoms with Gasteiger partial charge in [-0.05, 0) is 30.7 Å². The van der Waals surface area contributed by atoms with Crippen LogP contribution >= 0.6 is 11.6 Å². The van der Waals surface area contributed by atoms with Gasteiger partial charge in [-0.25, -0.2) is 13.2 Å². The Balaban J connectivity index is 2.31. The second kappa shape index (κ2) is 9.18. The molecule has 9 heteroatoms. The molecule has 1 atom stereocenters. The Kier molecular flexibility index (Phi) is 7.17. The minimum absolute atomic E-state index is 0.115. The maximum Gasteiger partial charge on any atom is 0.339 e. The summed E-state index contributed by atoms with van der Waals surface area (Å²) >= 11 is 6.12. The summed E-state index contributed by atoms with van der Waals surface area (Å²) in [7, 11) is -2.30. The summed E-state index contributed by atoms with van der Waals surface area (Å²) in [5.41, 5.74) is 1.02. The molecule has 0 bridgehead atoms. The minimum Gasteiger partial charge on any atom is -0.462 e. The first-order chi connectivity index (χ1) is 13.1. The van der Waals surface area contributed by atoms with E-state index >= 15 is 0 Å². The number of esters is 1. The van der Waals surface area contributed by atoms with Crippen molar-refractivity contribution in [1.29, 1.82) is 0 Å². The predicted molar refractivity (Wildman–Crippen MR) is 108 cm³/mol. The van der Waals surface area contributed by atoms with Gasteiger partial charge in [0.05, 0.1) is 23.4 Å². The number of carbonyl (C=O) groups excluding carboxylic acids is 2. The number of nitrogens with zero attached hydrogens (tertiary/aromatic N) is 1. The summed E-state index contributed by atoms with van der Waals surface area (Å²) < 4.78 is 29.9. The van der Waals surface area contributed by atoms with Gasteiger partial charge in [0.15, 0.2) is 0 Å². The molecule has 0 spiro atoms. The molecule has 0 heterocycles. The number of amides is 1. The Morgan fingerprint density at radius 2 is 1.82 bits per heavy atom. The van der Waals surface area contributed by atoms with Gasteiger partial charge in [0.2, 0.25) is 15.9 Å². The van der Waals surface area contributed by atoms with Crippen molar-refractivity contribution >= 4 is 39.2 Å². The topological polar surface area (TPSA) is 92.8 Å². The summed E-state index contributed by atoms with van der Waals surface area (Å²) in [6.07, 6.45) is 1.03. The van der Waals surface area contributed by atoms with Crippen molar-refractivity contribution in [1.82, 2.24) is 4.31 Å². The van der Waals surface area contributed by atoms with E-state index in [4.69, 9.17) is 16.3 Å². The highest BCUT2D eigenvalue weighted by molar-refractivity contribution is 7.88. The Morgan fingerprint density at radius 1 is 1.18 bits per heavy atom. The smallest absolute Gasteiger partial charge is 0.339 e. The van der Waals surface area contributed by atoms with E-state index in [9.17, 15) is 18.0 Å². The van der Waals surface area contributed by atoms with Gasteiger partial charge in [-0.3, -0.25) is 4.79 Å². The van der Waals surface area contributed by atoms with Crippen molar-refractivity contribution in [3.8, 4) is 0 Å². The molecule has 1 N–H and O–H groups in total. The van der Waals surface area contributed by atoms with Gasteiger partial charge in [-0.1, -0.05) is 41.9 Å². The zero-order valence-electron chi connectivity index (χ0n) is 15.7. The van der Waals surface area contributed by atoms with Crippen LogP contribution in [-0.2, 0) is 19.6 Å². The molecule has 150 valence electrons. The minimum atomic E-state index is -3.63. The van der Waals surface area contributed by atoms with Gasteiger partial charge in [0.25, 0.3) is 0 Å². The van der Waals surface area contributed by atoms with E-state index in [0.29, 0.717) is 11.3 Å². The largest absolute Gasteiger partial charge is 0.462 e. The van der Waals surface area contributed by atoms with E-state index in [1.54, 1.807) is 37.3 Å². The lowest BCUT2D eigenvalue weighted by atomic mass is 10.1. The van der Waals surface area contributed by atoms with E-state index in [0.717, 1.165) is 10.6 Å². The highest BCUT2D eigenvalue weighted by Gasteiger charge is 2.30. The standard InChI is InChI=1S/C19H21ClN2O5S/c1-4-27-19(24)15-11-10-14(12-16(15)20)21-18(23)17(22(2)28(3,25)26)13-8-6-5-7-9-13/h5-12,17H,4H2,1-3H3,(H,21,23)/t17-/m0/s1. The maximum absolute atomic E-state index is 12.9. The third-order valence-corrected chi connectivity index (χ3v) is 5.55. The fourth-order valence-electron chi connectivity index (χ4n) is 2.53. The van der Waals surface area contributed by atoms with E-state index in [2.05, 4.69) is 5.32 Å². The van der Waals surface area contributed by atoms with Crippen molar-refractivity contribution in [3.63, 3.8) is 0 Å². The molecule has 0 radical (unpaired) electrons. The van der Waals surface area contributed by atoms with Crippen LogP contribution in [0.1, 0.15) is 28.9 Å². The van der Waals surface area contributed by atoms with Gasteiger partial charge in [0.1, 0.15) is 6.04 Å². The molecular weight excluding hydrogens is 404 g/mol. The lowest BCUT2D eigenvalue weighted by molar-refractivity contribution is -0.119. The van der Waals surface area contributed by atoms with Crippen molar-refractivity contribution in [2.75, 3.05) is 25.2 Å². The molecule has 0 saturated heterocycles. The molecule has 0 fully saturated rings. The molecule has 1 amide bonds. The Hall–Kier alpha value is -2.42. The zero-order chi connectivity index (χ0) is 20.9. The molecule has 2 rings (SSSR count). The third-order valence-electron chi connectivity index (χ3n) is 3.98. The number of hydrogen-bond acceptors (Lipinski definition) is 5. The Labute approximate surface area is 169 Å². The van der Waals surface area contributed by atoms with Crippen LogP contribution in [0.4, 0.5) is 5.69 Å². The van der Waals surface area contributed by atoms with Crippen LogP contribution in [0.25, 0.3) is 0 Å². The van der Waals surface area contributed by atoms with E-state index in [-0.39, 0.29) is 17.2 Å². The lowest BCUT2D eigenvalue weighted by Crippen LogP contribution is -2.38. The number of rotatable bonds is 7. The summed E-state index contributed by atoms with van der Waals surface area (Å²) in [4.78, 5) is 24.7. The molecule has 28 heavy (non-hydrogen) atoms. The van der Waals surface area contributed by atoms with E-state index < -0.39 is 27.9 Å². The van der Waals surface area contributed by atoms with Crippen molar-refractivity contribution < 1.29 is 22.7 Å². The fraction of sp³-hybridized carbons (Fsp3) is 0.263. The van der Waals surface area contributed by atoms with E-state index in [1.807, 2.05) is 0 Å². The number of anilines is 1. The van der Waals surface area contributed by atoms with Crippen LogP contribution in [0.15, 0.2) is 48.5 Å². The normalized spacial score (nSPS) is 12.5. The lowest BCUT2D eigenvalue weighted by Gasteiger charge is -2.25. The average molecular weight is 425 g/mol. The molecular formula is C19H21ClN2O5S. The second-order valence-corrected chi connectivity index (χ2v) is 8.45. The molecule has 0 aliphatic carbocycles. The second-order valence-electron chi connectivity index (χ2n) is 6.00. The SMILES string of the molecule is CCOC(=O)c1ccc(NC(=O)[C@H](c2ccccc2)N(C)S(C)(=O)=O)cc1Cl. The van der Waals surface area contributed by atoms with Crippen molar-refractivity contribution in [3.05, 3.63) is 64.7 Å². The highest BCUT2D eigenvalue weighted by atomic mass is 35.5. The summed E-state index contributed by atoms with van der Waals surface area (Å²) in [6.45, 7) is 1.90. The Morgan fingerprint density at radius 3 is 2.36 bits per heavy atom. The van der Waals surface area contributed by atoms with Crippen LogP contribution in [0, 0.1) is 0 Å². The Bertz CT molecular complexity index is 964. The number of halogens is 1. The molecule has 7 nitrogen and oxygen atoms in total. The number of nitrogens with one attached hydrogen (secondary N) is 1. The third kappa shape index (κ3) is 5.31. The fourth-order valence-corrected chi connectivity index (χ4v) is 3.39. The van der Waals surface area contributed by atoms with Gasteiger partial charge in [-0.15, -0.1) is 0 Å². The van der Waals surface area contributed by atoms with Crippen LogP contribution in [0.3, 0.4) is 0 Å². The summed E-state index contributed by atoms with van der Waals surface area (Å²) in [5.74, 6) is -1.12. The highest BCUT2D eigenvalue weighted by Crippen LogP contribution is 2.26. The summed E-state index contributed by atoms with van der Waals surface area (Å²) in [5, 5.41) is 2.77. The molecule has 0 saturated carbocycles. The average Bonchev–Trinajstić information content (AvgIpc) is 2.62. The molecule has 2 aromatic rings. The van der Waals surface area contributed by atoms with Crippen LogP contribution in [0.5, 0.6) is 0 Å². The van der Waals surface area contributed by atoms with Crippen LogP contribution < -0.4 is 5.32 Å². The van der Waals surface area contributed by atoms with E-state index in [1.165, 1.54) is 25.2 Å². The van der Waals surface area contributed by atoms with Crippen molar-refractivity contribution in [2.24, 2.45) is 0 Å².